The fourth-order valence-corrected chi connectivity index (χ4v) is 2.28. The predicted molar refractivity (Wildman–Crippen MR) is 93.5 cm³/mol. The molecule has 0 spiro atoms. The number of rotatable bonds is 3. The maximum absolute atomic E-state index is 13.5. The van der Waals surface area contributed by atoms with E-state index >= 15 is 0 Å². The predicted octanol–water partition coefficient (Wildman–Crippen LogP) is 3.60. The van der Waals surface area contributed by atoms with E-state index in [1.165, 1.54) is 30.6 Å². The van der Waals surface area contributed by atoms with E-state index in [0.29, 0.717) is 5.56 Å². The van der Waals surface area contributed by atoms with E-state index in [4.69, 9.17) is 0 Å². The maximum Gasteiger partial charge on any atom is 0.325 e. The molecule has 0 radical (unpaired) electrons. The van der Waals surface area contributed by atoms with Crippen LogP contribution >= 0.6 is 0 Å². The van der Waals surface area contributed by atoms with Crippen LogP contribution in [-0.4, -0.2) is 15.6 Å². The molecule has 0 unspecified atom stereocenters. The van der Waals surface area contributed by atoms with Gasteiger partial charge >= 0.3 is 6.03 Å². The van der Waals surface area contributed by atoms with Gasteiger partial charge in [-0.3, -0.25) is 14.7 Å². The van der Waals surface area contributed by atoms with E-state index < -0.39 is 29.0 Å². The first-order valence-corrected chi connectivity index (χ1v) is 7.72. The van der Waals surface area contributed by atoms with Crippen molar-refractivity contribution >= 4 is 17.5 Å². The van der Waals surface area contributed by atoms with Crippen molar-refractivity contribution in [1.29, 1.82) is 0 Å². The Hall–Kier alpha value is -3.62. The molecule has 0 fully saturated rings. The smallest absolute Gasteiger partial charge is 0.308 e. The summed E-state index contributed by atoms with van der Waals surface area (Å²) < 4.78 is 41.0. The van der Waals surface area contributed by atoms with E-state index in [0.717, 1.165) is 22.8 Å². The molecule has 27 heavy (non-hydrogen) atoms. The third-order valence-corrected chi connectivity index (χ3v) is 3.68. The maximum atomic E-state index is 13.5. The summed E-state index contributed by atoms with van der Waals surface area (Å²) in [5, 5.41) is 4.62. The molecular weight excluding hydrogens is 361 g/mol. The van der Waals surface area contributed by atoms with Gasteiger partial charge in [0.2, 0.25) is 5.82 Å². The molecule has 1 heterocycles. The molecule has 0 saturated heterocycles. The van der Waals surface area contributed by atoms with Crippen molar-refractivity contribution in [2.24, 2.45) is 0 Å². The second-order valence-electron chi connectivity index (χ2n) is 5.59. The molecule has 3 rings (SSSR count). The number of benzene rings is 2. The fraction of sp³-hybridized carbons (Fsp3) is 0.0556. The van der Waals surface area contributed by atoms with Crippen LogP contribution in [0.25, 0.3) is 5.69 Å². The second-order valence-corrected chi connectivity index (χ2v) is 5.59. The SMILES string of the molecule is Cc1ccc(NC(=O)Nc2nccn(-c3ccc(F)c(F)c3)c2=O)cc1F. The molecule has 0 saturated carbocycles. The molecule has 2 amide bonds. The van der Waals surface area contributed by atoms with Crippen LogP contribution in [0.15, 0.2) is 53.6 Å². The molecule has 2 N–H and O–H groups in total. The van der Waals surface area contributed by atoms with E-state index in [9.17, 15) is 22.8 Å². The average molecular weight is 374 g/mol. The van der Waals surface area contributed by atoms with Crippen molar-refractivity contribution in [3.05, 3.63) is 82.2 Å². The molecule has 0 bridgehead atoms. The summed E-state index contributed by atoms with van der Waals surface area (Å²) in [4.78, 5) is 28.2. The van der Waals surface area contributed by atoms with Crippen molar-refractivity contribution in [2.45, 2.75) is 6.92 Å². The topological polar surface area (TPSA) is 76.0 Å². The molecule has 0 aliphatic heterocycles. The molecule has 0 aliphatic carbocycles. The van der Waals surface area contributed by atoms with E-state index in [-0.39, 0.29) is 17.2 Å². The van der Waals surface area contributed by atoms with Gasteiger partial charge in [0, 0.05) is 24.1 Å². The Morgan fingerprint density at radius 2 is 1.78 bits per heavy atom. The first-order valence-electron chi connectivity index (χ1n) is 7.72. The van der Waals surface area contributed by atoms with Gasteiger partial charge in [0.1, 0.15) is 5.82 Å². The number of anilines is 2. The monoisotopic (exact) mass is 374 g/mol. The Bertz CT molecular complexity index is 1080. The number of urea groups is 1. The minimum absolute atomic E-state index is 0.0605. The number of carbonyl (C=O) groups is 1. The zero-order chi connectivity index (χ0) is 19.6. The lowest BCUT2D eigenvalue weighted by molar-refractivity contribution is 0.262. The number of aromatic nitrogens is 2. The minimum Gasteiger partial charge on any atom is -0.308 e. The lowest BCUT2D eigenvalue weighted by Gasteiger charge is -2.10. The second kappa shape index (κ2) is 7.32. The molecular formula is C18H13F3N4O2. The van der Waals surface area contributed by atoms with Gasteiger partial charge in [0.05, 0.1) is 5.69 Å². The van der Waals surface area contributed by atoms with Crippen LogP contribution in [0, 0.1) is 24.4 Å². The molecule has 3 aromatic rings. The summed E-state index contributed by atoms with van der Waals surface area (Å²) >= 11 is 0. The van der Waals surface area contributed by atoms with Crippen molar-refractivity contribution < 1.29 is 18.0 Å². The van der Waals surface area contributed by atoms with Crippen molar-refractivity contribution in [3.8, 4) is 5.69 Å². The highest BCUT2D eigenvalue weighted by atomic mass is 19.2. The molecule has 138 valence electrons. The molecule has 2 aromatic carbocycles. The number of halogens is 3. The first kappa shape index (κ1) is 18.2. The molecule has 9 heteroatoms. The number of amides is 2. The Balaban J connectivity index is 1.83. The molecule has 1 aromatic heterocycles. The van der Waals surface area contributed by atoms with Gasteiger partial charge in [-0.25, -0.2) is 22.9 Å². The summed E-state index contributed by atoms with van der Waals surface area (Å²) in [6, 6.07) is 6.23. The number of aryl methyl sites for hydroxylation is 1. The number of carbonyl (C=O) groups excluding carboxylic acids is 1. The van der Waals surface area contributed by atoms with Gasteiger partial charge in [-0.1, -0.05) is 6.07 Å². The molecule has 6 nitrogen and oxygen atoms in total. The fourth-order valence-electron chi connectivity index (χ4n) is 2.28. The van der Waals surface area contributed by atoms with Crippen LogP contribution in [-0.2, 0) is 0 Å². The first-order chi connectivity index (χ1) is 12.8. The number of nitrogens with one attached hydrogen (secondary N) is 2. The van der Waals surface area contributed by atoms with E-state index in [2.05, 4.69) is 15.6 Å². The Morgan fingerprint density at radius 1 is 1.00 bits per heavy atom. The van der Waals surface area contributed by atoms with Crippen LogP contribution in [0.2, 0.25) is 0 Å². The van der Waals surface area contributed by atoms with E-state index in [1.54, 1.807) is 6.92 Å². The highest BCUT2D eigenvalue weighted by Crippen LogP contribution is 2.14. The standard InChI is InChI=1S/C18H13F3N4O2/c1-10-2-3-11(8-14(10)20)23-18(27)24-16-17(26)25(7-6-22-16)12-4-5-13(19)15(21)9-12/h2-9H,1H3,(H2,22,23,24,27). The van der Waals surface area contributed by atoms with Crippen LogP contribution in [0.3, 0.4) is 0 Å². The number of nitrogens with zero attached hydrogens (tertiary/aromatic N) is 2. The van der Waals surface area contributed by atoms with Crippen molar-refractivity contribution in [2.75, 3.05) is 10.6 Å². The van der Waals surface area contributed by atoms with Gasteiger partial charge in [-0.15, -0.1) is 0 Å². The summed E-state index contributed by atoms with van der Waals surface area (Å²) in [6.45, 7) is 1.58. The largest absolute Gasteiger partial charge is 0.325 e. The third-order valence-electron chi connectivity index (χ3n) is 3.68. The Kier molecular flexibility index (Phi) is 4.93. The quantitative estimate of drug-likeness (QED) is 0.736. The average Bonchev–Trinajstić information content (AvgIpc) is 2.62. The van der Waals surface area contributed by atoms with E-state index in [1.807, 2.05) is 0 Å². The lowest BCUT2D eigenvalue weighted by atomic mass is 10.2. The van der Waals surface area contributed by atoms with Gasteiger partial charge in [-0.2, -0.15) is 0 Å². The van der Waals surface area contributed by atoms with Crippen LogP contribution < -0.4 is 16.2 Å². The highest BCUT2D eigenvalue weighted by molar-refractivity contribution is 5.99. The zero-order valence-corrected chi connectivity index (χ0v) is 14.0. The van der Waals surface area contributed by atoms with Crippen molar-refractivity contribution in [3.63, 3.8) is 0 Å². The Morgan fingerprint density at radius 3 is 2.48 bits per heavy atom. The van der Waals surface area contributed by atoms with Crippen LogP contribution in [0.4, 0.5) is 29.5 Å². The minimum atomic E-state index is -1.12. The normalized spacial score (nSPS) is 10.5. The van der Waals surface area contributed by atoms with Crippen molar-refractivity contribution in [1.82, 2.24) is 9.55 Å². The Labute approximate surface area is 151 Å². The summed E-state index contributed by atoms with van der Waals surface area (Å²) in [5.74, 6) is -3.01. The summed E-state index contributed by atoms with van der Waals surface area (Å²) in [6.07, 6.45) is 2.46. The number of hydrogen-bond donors (Lipinski definition) is 2. The molecule has 0 atom stereocenters. The van der Waals surface area contributed by atoms with Crippen LogP contribution in [0.5, 0.6) is 0 Å². The summed E-state index contributed by atoms with van der Waals surface area (Å²) in [5.41, 5.74) is -0.0910. The number of hydrogen-bond acceptors (Lipinski definition) is 3. The van der Waals surface area contributed by atoms with Gasteiger partial charge < -0.3 is 5.32 Å². The highest BCUT2D eigenvalue weighted by Gasteiger charge is 2.12. The van der Waals surface area contributed by atoms with Gasteiger partial charge in [-0.05, 0) is 36.8 Å². The third kappa shape index (κ3) is 3.97. The summed E-state index contributed by atoms with van der Waals surface area (Å²) in [7, 11) is 0. The van der Waals surface area contributed by atoms with Gasteiger partial charge in [0.25, 0.3) is 5.56 Å². The zero-order valence-electron chi connectivity index (χ0n) is 14.0. The van der Waals surface area contributed by atoms with Gasteiger partial charge in [0.15, 0.2) is 11.6 Å². The molecule has 0 aliphatic rings. The lowest BCUT2D eigenvalue weighted by Crippen LogP contribution is -2.28. The van der Waals surface area contributed by atoms with Crippen LogP contribution in [0.1, 0.15) is 5.56 Å².